The number of rotatable bonds is 7. The molecule has 0 radical (unpaired) electrons. The van der Waals surface area contributed by atoms with E-state index in [1.165, 1.54) is 16.6 Å². The number of carbonyl (C=O) groups is 1. The van der Waals surface area contributed by atoms with Gasteiger partial charge in [0.25, 0.3) is 5.91 Å². The Hall–Kier alpha value is -1.03. The van der Waals surface area contributed by atoms with Crippen LogP contribution in [0, 0.1) is 0 Å². The second-order valence-corrected chi connectivity index (χ2v) is 8.60. The van der Waals surface area contributed by atoms with E-state index in [1.807, 2.05) is 13.8 Å². The summed E-state index contributed by atoms with van der Waals surface area (Å²) in [6, 6.07) is 1.57. The molecule has 1 amide bonds. The van der Waals surface area contributed by atoms with E-state index in [9.17, 15) is 13.2 Å². The second-order valence-electron chi connectivity index (χ2n) is 5.43. The van der Waals surface area contributed by atoms with Gasteiger partial charge >= 0.3 is 0 Å². The quantitative estimate of drug-likeness (QED) is 0.657. The summed E-state index contributed by atoms with van der Waals surface area (Å²) >= 11 is 1.75. The van der Waals surface area contributed by atoms with Crippen molar-refractivity contribution < 1.29 is 13.2 Å². The maximum absolute atomic E-state index is 12.5. The number of hydrogen-bond donors (Lipinski definition) is 3. The van der Waals surface area contributed by atoms with Crippen molar-refractivity contribution in [3.8, 4) is 0 Å². The molecule has 0 saturated carbocycles. The summed E-state index contributed by atoms with van der Waals surface area (Å²) in [7, 11) is -3.52. The summed E-state index contributed by atoms with van der Waals surface area (Å²) in [5, 5.41) is 5.98. The summed E-state index contributed by atoms with van der Waals surface area (Å²) in [5.74, 6) is 1.31. The number of nitrogens with one attached hydrogen (secondary N) is 3. The van der Waals surface area contributed by atoms with Gasteiger partial charge in [-0.05, 0) is 19.5 Å². The Morgan fingerprint density at radius 1 is 1.43 bits per heavy atom. The SMILES string of the molecule is CCN[C@H](C)CNC(=O)c1cc(S(=O)(=O)N2CCSCC2)c[nH]1. The van der Waals surface area contributed by atoms with Gasteiger partial charge in [0.15, 0.2) is 0 Å². The number of nitrogens with zero attached hydrogens (tertiary/aromatic N) is 1. The van der Waals surface area contributed by atoms with Gasteiger partial charge in [0, 0.05) is 43.4 Å². The lowest BCUT2D eigenvalue weighted by atomic mass is 10.3. The Morgan fingerprint density at radius 3 is 2.78 bits per heavy atom. The van der Waals surface area contributed by atoms with Crippen molar-refractivity contribution in [1.29, 1.82) is 0 Å². The van der Waals surface area contributed by atoms with Gasteiger partial charge in [-0.15, -0.1) is 0 Å². The van der Waals surface area contributed by atoms with Crippen LogP contribution in [0.15, 0.2) is 17.2 Å². The van der Waals surface area contributed by atoms with E-state index in [-0.39, 0.29) is 22.5 Å². The van der Waals surface area contributed by atoms with Gasteiger partial charge in [-0.2, -0.15) is 16.1 Å². The smallest absolute Gasteiger partial charge is 0.267 e. The third-order valence-electron chi connectivity index (χ3n) is 3.63. The van der Waals surface area contributed by atoms with Crippen molar-refractivity contribution in [1.82, 2.24) is 19.9 Å². The Kier molecular flexibility index (Phi) is 6.51. The average Bonchev–Trinajstić information content (AvgIpc) is 3.04. The molecule has 9 heteroatoms. The molecule has 23 heavy (non-hydrogen) atoms. The molecule has 0 bridgehead atoms. The number of H-pyrrole nitrogens is 1. The highest BCUT2D eigenvalue weighted by molar-refractivity contribution is 7.99. The lowest BCUT2D eigenvalue weighted by molar-refractivity contribution is 0.0946. The van der Waals surface area contributed by atoms with E-state index in [2.05, 4.69) is 15.6 Å². The lowest BCUT2D eigenvalue weighted by Crippen LogP contribution is -2.39. The zero-order valence-corrected chi connectivity index (χ0v) is 15.1. The van der Waals surface area contributed by atoms with Crippen LogP contribution in [0.2, 0.25) is 0 Å². The molecule has 130 valence electrons. The summed E-state index contributed by atoms with van der Waals surface area (Å²) in [6.07, 6.45) is 1.39. The molecule has 0 aromatic carbocycles. The summed E-state index contributed by atoms with van der Waals surface area (Å²) in [4.78, 5) is 15.0. The molecule has 0 spiro atoms. The maximum Gasteiger partial charge on any atom is 0.267 e. The van der Waals surface area contributed by atoms with Crippen LogP contribution in [0.4, 0.5) is 0 Å². The minimum Gasteiger partial charge on any atom is -0.356 e. The molecule has 2 heterocycles. The third-order valence-corrected chi connectivity index (χ3v) is 6.45. The van der Waals surface area contributed by atoms with Gasteiger partial charge in [0.05, 0.1) is 0 Å². The van der Waals surface area contributed by atoms with Crippen LogP contribution < -0.4 is 10.6 Å². The van der Waals surface area contributed by atoms with Crippen molar-refractivity contribution >= 4 is 27.7 Å². The molecular weight excluding hydrogens is 336 g/mol. The molecule has 1 aromatic heterocycles. The summed E-state index contributed by atoms with van der Waals surface area (Å²) < 4.78 is 26.5. The van der Waals surface area contributed by atoms with E-state index < -0.39 is 10.0 Å². The van der Waals surface area contributed by atoms with Gasteiger partial charge in [0.1, 0.15) is 10.6 Å². The fraction of sp³-hybridized carbons (Fsp3) is 0.643. The van der Waals surface area contributed by atoms with Crippen molar-refractivity contribution in [2.24, 2.45) is 0 Å². The maximum atomic E-state index is 12.5. The average molecular weight is 361 g/mol. The molecule has 1 aliphatic heterocycles. The number of thioether (sulfide) groups is 1. The molecule has 0 unspecified atom stereocenters. The van der Waals surface area contributed by atoms with Crippen LogP contribution in [0.1, 0.15) is 24.3 Å². The molecule has 1 fully saturated rings. The Bertz CT molecular complexity index is 624. The molecule has 0 aliphatic carbocycles. The van der Waals surface area contributed by atoms with Crippen LogP contribution in [0.25, 0.3) is 0 Å². The highest BCUT2D eigenvalue weighted by Gasteiger charge is 2.27. The van der Waals surface area contributed by atoms with Crippen LogP contribution >= 0.6 is 11.8 Å². The van der Waals surface area contributed by atoms with Crippen LogP contribution in [-0.2, 0) is 10.0 Å². The predicted molar refractivity (Wildman–Crippen MR) is 92.3 cm³/mol. The normalized spacial score (nSPS) is 17.8. The lowest BCUT2D eigenvalue weighted by Gasteiger charge is -2.24. The van der Waals surface area contributed by atoms with E-state index >= 15 is 0 Å². The molecule has 1 atom stereocenters. The Morgan fingerprint density at radius 2 is 2.13 bits per heavy atom. The topological polar surface area (TPSA) is 94.3 Å². The highest BCUT2D eigenvalue weighted by atomic mass is 32.2. The molecule has 3 N–H and O–H groups in total. The fourth-order valence-electron chi connectivity index (χ4n) is 2.35. The van der Waals surface area contributed by atoms with Crippen molar-refractivity contribution in [3.05, 3.63) is 18.0 Å². The third kappa shape index (κ3) is 4.72. The fourth-order valence-corrected chi connectivity index (χ4v) is 4.92. The van der Waals surface area contributed by atoms with Crippen molar-refractivity contribution in [2.75, 3.05) is 37.7 Å². The number of sulfonamides is 1. The van der Waals surface area contributed by atoms with E-state index in [0.717, 1.165) is 18.1 Å². The second kappa shape index (κ2) is 8.18. The first kappa shape index (κ1) is 18.3. The molecule has 1 saturated heterocycles. The van der Waals surface area contributed by atoms with Gasteiger partial charge in [-0.1, -0.05) is 6.92 Å². The zero-order valence-electron chi connectivity index (χ0n) is 13.5. The van der Waals surface area contributed by atoms with Crippen molar-refractivity contribution in [3.63, 3.8) is 0 Å². The van der Waals surface area contributed by atoms with E-state index in [4.69, 9.17) is 0 Å². The molecule has 2 rings (SSSR count). The standard InChI is InChI=1S/C14H24N4O3S2/c1-3-15-11(2)9-17-14(19)13-8-12(10-16-13)23(20,21)18-4-6-22-7-5-18/h8,10-11,15-16H,3-7,9H2,1-2H3,(H,17,19)/t11-/m1/s1. The highest BCUT2D eigenvalue weighted by Crippen LogP contribution is 2.20. The van der Waals surface area contributed by atoms with Gasteiger partial charge in [0.2, 0.25) is 10.0 Å². The largest absolute Gasteiger partial charge is 0.356 e. The van der Waals surface area contributed by atoms with E-state index in [1.54, 1.807) is 11.8 Å². The number of carbonyl (C=O) groups excluding carboxylic acids is 1. The minimum absolute atomic E-state index is 0.147. The van der Waals surface area contributed by atoms with Crippen LogP contribution in [0.5, 0.6) is 0 Å². The predicted octanol–water partition coefficient (Wildman–Crippen LogP) is 0.480. The number of likely N-dealkylation sites (N-methyl/N-ethyl adjacent to an activating group) is 1. The van der Waals surface area contributed by atoms with Gasteiger partial charge < -0.3 is 15.6 Å². The van der Waals surface area contributed by atoms with E-state index in [0.29, 0.717) is 19.6 Å². The number of aromatic nitrogens is 1. The molecule has 7 nitrogen and oxygen atoms in total. The first-order valence-corrected chi connectivity index (χ1v) is 10.3. The molecule has 1 aromatic rings. The monoisotopic (exact) mass is 360 g/mol. The van der Waals surface area contributed by atoms with Crippen LogP contribution in [-0.4, -0.2) is 67.3 Å². The first-order valence-electron chi connectivity index (χ1n) is 7.73. The van der Waals surface area contributed by atoms with Crippen molar-refractivity contribution in [2.45, 2.75) is 24.8 Å². The minimum atomic E-state index is -3.52. The van der Waals surface area contributed by atoms with Gasteiger partial charge in [-0.25, -0.2) is 8.42 Å². The summed E-state index contributed by atoms with van der Waals surface area (Å²) in [5.41, 5.74) is 0.263. The Balaban J connectivity index is 2.00. The first-order chi connectivity index (χ1) is 10.9. The number of hydrogen-bond acceptors (Lipinski definition) is 5. The number of amides is 1. The molecule has 1 aliphatic rings. The van der Waals surface area contributed by atoms with Gasteiger partial charge in [-0.3, -0.25) is 4.79 Å². The summed E-state index contributed by atoms with van der Waals surface area (Å²) in [6.45, 7) is 6.31. The number of aromatic amines is 1. The zero-order chi connectivity index (χ0) is 16.9. The molecular formula is C14H24N4O3S2. The Labute approximate surface area is 141 Å². The van der Waals surface area contributed by atoms with Crippen LogP contribution in [0.3, 0.4) is 0 Å².